The maximum absolute atomic E-state index is 6.43. The van der Waals surface area contributed by atoms with Crippen LogP contribution in [0, 0.1) is 17.3 Å². The number of nitrogens with zero attached hydrogens (tertiary/aromatic N) is 4. The van der Waals surface area contributed by atoms with Gasteiger partial charge in [0.25, 0.3) is 0 Å². The van der Waals surface area contributed by atoms with Crippen molar-refractivity contribution < 1.29 is 4.42 Å². The molecule has 3 fully saturated rings. The normalized spacial score (nSPS) is 26.0. The lowest BCUT2D eigenvalue weighted by Crippen LogP contribution is -2.26. The predicted molar refractivity (Wildman–Crippen MR) is 166 cm³/mol. The van der Waals surface area contributed by atoms with E-state index >= 15 is 0 Å². The number of rotatable bonds is 4. The van der Waals surface area contributed by atoms with Crippen LogP contribution in [0.5, 0.6) is 0 Å². The molecule has 2 bridgehead atoms. The molecule has 3 aliphatic rings. The van der Waals surface area contributed by atoms with E-state index in [1.54, 1.807) is 11.8 Å². The first-order valence-corrected chi connectivity index (χ1v) is 15.3. The fraction of sp³-hybridized carbons (Fsp3) is 0.278. The highest BCUT2D eigenvalue weighted by Gasteiger charge is 2.65. The Hall–Kier alpha value is -4.09. The molecule has 0 N–H and O–H groups in total. The fourth-order valence-corrected chi connectivity index (χ4v) is 8.99. The van der Waals surface area contributed by atoms with Crippen molar-refractivity contribution in [2.24, 2.45) is 17.3 Å². The number of halogens is 1. The van der Waals surface area contributed by atoms with Crippen LogP contribution in [0.3, 0.4) is 0 Å². The molecule has 3 heterocycles. The van der Waals surface area contributed by atoms with Crippen LogP contribution in [0.15, 0.2) is 89.5 Å². The molecule has 0 radical (unpaired) electrons. The SMILES string of the molecule is C[C@@]12CC3(c4ccc(-c5ccc(-c6nc(Cl)nc(-c7cccc8c7oc7ncccc78)n6)cc5)cc4)C[C@H]1CC[C@H]2C3. The molecule has 3 aromatic heterocycles. The molecule has 5 nitrogen and oxygen atoms in total. The van der Waals surface area contributed by atoms with Gasteiger partial charge in [-0.3, -0.25) is 0 Å². The van der Waals surface area contributed by atoms with Crippen molar-refractivity contribution in [1.82, 2.24) is 19.9 Å². The summed E-state index contributed by atoms with van der Waals surface area (Å²) in [5, 5.41) is 2.06. The molecule has 206 valence electrons. The number of furan rings is 1. The van der Waals surface area contributed by atoms with Crippen LogP contribution in [-0.2, 0) is 5.41 Å². The van der Waals surface area contributed by atoms with E-state index in [1.807, 2.05) is 30.3 Å². The molecule has 0 saturated heterocycles. The third-order valence-corrected chi connectivity index (χ3v) is 11.0. The van der Waals surface area contributed by atoms with E-state index in [9.17, 15) is 0 Å². The third-order valence-electron chi connectivity index (χ3n) is 10.8. The van der Waals surface area contributed by atoms with E-state index < -0.39 is 0 Å². The van der Waals surface area contributed by atoms with Gasteiger partial charge in [-0.15, -0.1) is 0 Å². The minimum absolute atomic E-state index is 0.142. The Kier molecular flexibility index (Phi) is 5.08. The van der Waals surface area contributed by atoms with Gasteiger partial charge in [-0.2, -0.15) is 9.97 Å². The minimum Gasteiger partial charge on any atom is -0.437 e. The quantitative estimate of drug-likeness (QED) is 0.212. The van der Waals surface area contributed by atoms with Crippen LogP contribution >= 0.6 is 11.6 Å². The van der Waals surface area contributed by atoms with Crippen LogP contribution in [0.2, 0.25) is 5.28 Å². The topological polar surface area (TPSA) is 64.7 Å². The molecule has 3 aromatic carbocycles. The van der Waals surface area contributed by atoms with Crippen LogP contribution in [0.4, 0.5) is 0 Å². The Morgan fingerprint density at radius 1 is 0.738 bits per heavy atom. The molecule has 4 atom stereocenters. The summed E-state index contributed by atoms with van der Waals surface area (Å²) in [7, 11) is 0. The molecule has 1 unspecified atom stereocenters. The summed E-state index contributed by atoms with van der Waals surface area (Å²) >= 11 is 6.43. The van der Waals surface area contributed by atoms with Crippen molar-refractivity contribution in [2.45, 2.75) is 44.4 Å². The Morgan fingerprint density at radius 2 is 1.40 bits per heavy atom. The van der Waals surface area contributed by atoms with Crippen molar-refractivity contribution in [3.05, 3.63) is 95.9 Å². The maximum atomic E-state index is 6.43. The molecule has 9 rings (SSSR count). The molecular weight excluding hydrogens is 540 g/mol. The molecule has 6 aromatic rings. The van der Waals surface area contributed by atoms with Crippen LogP contribution in [0.1, 0.15) is 44.6 Å². The number of benzene rings is 3. The molecule has 0 amide bonds. The summed E-state index contributed by atoms with van der Waals surface area (Å²) in [6.45, 7) is 2.57. The van der Waals surface area contributed by atoms with Crippen molar-refractivity contribution in [3.63, 3.8) is 0 Å². The summed E-state index contributed by atoms with van der Waals surface area (Å²) in [5.74, 6) is 2.85. The second-order valence-electron chi connectivity index (χ2n) is 12.9. The highest BCUT2D eigenvalue weighted by Crippen LogP contribution is 2.72. The van der Waals surface area contributed by atoms with Crippen molar-refractivity contribution in [3.8, 4) is 33.9 Å². The van der Waals surface area contributed by atoms with E-state index in [-0.39, 0.29) is 5.28 Å². The molecule has 3 saturated carbocycles. The van der Waals surface area contributed by atoms with Gasteiger partial charge in [-0.1, -0.05) is 67.6 Å². The Balaban J connectivity index is 1.02. The largest absolute Gasteiger partial charge is 0.437 e. The van der Waals surface area contributed by atoms with Crippen molar-refractivity contribution in [1.29, 1.82) is 0 Å². The van der Waals surface area contributed by atoms with E-state index in [2.05, 4.69) is 70.4 Å². The van der Waals surface area contributed by atoms with Gasteiger partial charge in [0.2, 0.25) is 11.0 Å². The van der Waals surface area contributed by atoms with Gasteiger partial charge < -0.3 is 4.42 Å². The van der Waals surface area contributed by atoms with E-state index in [0.717, 1.165) is 33.7 Å². The van der Waals surface area contributed by atoms with Gasteiger partial charge in [0.05, 0.1) is 5.56 Å². The first-order valence-electron chi connectivity index (χ1n) is 14.9. The zero-order chi connectivity index (χ0) is 28.1. The molecule has 3 aliphatic carbocycles. The summed E-state index contributed by atoms with van der Waals surface area (Å²) in [6.07, 6.45) is 8.74. The number of hydrogen-bond acceptors (Lipinski definition) is 5. The standard InChI is InChI=1S/C36H29ClN4O/c1-35-20-36(18-25(35)15-16-26(35)19-36)24-13-11-22(12-14-24)21-7-9-23(10-8-21)31-39-32(41-34(37)40-31)29-5-2-4-27-28-6-3-17-38-33(28)42-30(27)29/h2-14,17,25-26H,15-16,18-20H2,1H3/t25-,26+,35-,36?. The molecule has 0 spiro atoms. The van der Waals surface area contributed by atoms with E-state index in [4.69, 9.17) is 21.0 Å². The van der Waals surface area contributed by atoms with Crippen molar-refractivity contribution in [2.75, 3.05) is 0 Å². The summed E-state index contributed by atoms with van der Waals surface area (Å²) in [5.41, 5.74) is 7.84. The smallest absolute Gasteiger partial charge is 0.227 e. The van der Waals surface area contributed by atoms with Gasteiger partial charge in [0, 0.05) is 22.5 Å². The molecule has 6 heteroatoms. The highest BCUT2D eigenvalue weighted by atomic mass is 35.5. The zero-order valence-corrected chi connectivity index (χ0v) is 24.1. The summed E-state index contributed by atoms with van der Waals surface area (Å²) in [4.78, 5) is 18.1. The number of para-hydroxylation sites is 1. The zero-order valence-electron chi connectivity index (χ0n) is 23.3. The van der Waals surface area contributed by atoms with Gasteiger partial charge in [-0.25, -0.2) is 9.97 Å². The summed E-state index contributed by atoms with van der Waals surface area (Å²) < 4.78 is 6.11. The molecule has 0 aliphatic heterocycles. The average Bonchev–Trinajstić information content (AvgIpc) is 3.67. The summed E-state index contributed by atoms with van der Waals surface area (Å²) in [6, 6.07) is 27.6. The maximum Gasteiger partial charge on any atom is 0.227 e. The first-order chi connectivity index (χ1) is 20.5. The van der Waals surface area contributed by atoms with Gasteiger partial charge in [0.1, 0.15) is 5.58 Å². The number of pyridine rings is 1. The third kappa shape index (κ3) is 3.49. The first kappa shape index (κ1) is 24.5. The van der Waals surface area contributed by atoms with Crippen LogP contribution < -0.4 is 0 Å². The molecular formula is C36H29ClN4O. The number of fused-ring (bicyclic) bond motifs is 4. The van der Waals surface area contributed by atoms with Gasteiger partial charge >= 0.3 is 0 Å². The fourth-order valence-electron chi connectivity index (χ4n) is 8.83. The Morgan fingerprint density at radius 3 is 2.14 bits per heavy atom. The lowest BCUT2D eigenvalue weighted by atomic mass is 9.72. The Bertz CT molecular complexity index is 2000. The lowest BCUT2D eigenvalue weighted by molar-refractivity contribution is 0.195. The molecule has 42 heavy (non-hydrogen) atoms. The van der Waals surface area contributed by atoms with Gasteiger partial charge in [0.15, 0.2) is 11.6 Å². The number of hydrogen-bond donors (Lipinski definition) is 0. The second kappa shape index (κ2) is 8.71. The van der Waals surface area contributed by atoms with Crippen molar-refractivity contribution >= 4 is 33.7 Å². The average molecular weight is 569 g/mol. The highest BCUT2D eigenvalue weighted by molar-refractivity contribution is 6.28. The monoisotopic (exact) mass is 568 g/mol. The van der Waals surface area contributed by atoms with Gasteiger partial charge in [-0.05, 0) is 101 Å². The Labute approximate surface area is 249 Å². The predicted octanol–water partition coefficient (Wildman–Crippen LogP) is 9.29. The number of aromatic nitrogens is 4. The van der Waals surface area contributed by atoms with Crippen LogP contribution in [-0.4, -0.2) is 19.9 Å². The van der Waals surface area contributed by atoms with Crippen LogP contribution in [0.25, 0.3) is 56.0 Å². The second-order valence-corrected chi connectivity index (χ2v) is 13.2. The minimum atomic E-state index is 0.142. The van der Waals surface area contributed by atoms with E-state index in [0.29, 0.717) is 33.8 Å². The van der Waals surface area contributed by atoms with E-state index in [1.165, 1.54) is 43.2 Å². The lowest BCUT2D eigenvalue weighted by Gasteiger charge is -2.33.